The van der Waals surface area contributed by atoms with E-state index in [1.165, 1.54) is 24.5 Å². The minimum atomic E-state index is -1.07. The number of aromatic nitrogens is 3. The summed E-state index contributed by atoms with van der Waals surface area (Å²) in [6.45, 7) is 0. The number of carbonyl (C=O) groups is 2. The van der Waals surface area contributed by atoms with Crippen molar-refractivity contribution in [1.82, 2.24) is 14.6 Å². The molecular weight excluding hydrogens is 272 g/mol. The molecule has 3 aromatic rings. The largest absolute Gasteiger partial charge is 0.478 e. The number of carbonyl (C=O) groups excluding carboxylic acids is 1. The van der Waals surface area contributed by atoms with Crippen molar-refractivity contribution < 1.29 is 14.7 Å². The van der Waals surface area contributed by atoms with E-state index in [1.807, 2.05) is 12.1 Å². The van der Waals surface area contributed by atoms with Crippen LogP contribution in [-0.2, 0) is 0 Å². The summed E-state index contributed by atoms with van der Waals surface area (Å²) in [7, 11) is 0. The average Bonchev–Trinajstić information content (AvgIpc) is 2.92. The van der Waals surface area contributed by atoms with Gasteiger partial charge in [0.05, 0.1) is 22.8 Å². The van der Waals surface area contributed by atoms with E-state index in [2.05, 4.69) is 15.4 Å². The van der Waals surface area contributed by atoms with E-state index in [0.29, 0.717) is 11.1 Å². The molecule has 3 heterocycles. The van der Waals surface area contributed by atoms with E-state index in [4.69, 9.17) is 5.11 Å². The van der Waals surface area contributed by atoms with Gasteiger partial charge in [-0.05, 0) is 24.3 Å². The lowest BCUT2D eigenvalue weighted by Crippen LogP contribution is -2.13. The number of amides is 1. The Hall–Kier alpha value is -3.22. The molecule has 0 saturated carbocycles. The van der Waals surface area contributed by atoms with Crippen molar-refractivity contribution in [3.63, 3.8) is 0 Å². The molecule has 0 radical (unpaired) electrons. The van der Waals surface area contributed by atoms with Gasteiger partial charge in [-0.1, -0.05) is 6.07 Å². The van der Waals surface area contributed by atoms with E-state index in [-0.39, 0.29) is 17.3 Å². The molecule has 0 unspecified atom stereocenters. The summed E-state index contributed by atoms with van der Waals surface area (Å²) in [5.74, 6) is -1.14. The maximum absolute atomic E-state index is 12.2. The molecule has 0 saturated heterocycles. The Kier molecular flexibility index (Phi) is 3.07. The first-order valence-corrected chi connectivity index (χ1v) is 6.08. The van der Waals surface area contributed by atoms with Crippen molar-refractivity contribution in [2.24, 2.45) is 0 Å². The number of anilines is 1. The van der Waals surface area contributed by atoms with Crippen molar-refractivity contribution in [3.8, 4) is 0 Å². The van der Waals surface area contributed by atoms with Gasteiger partial charge in [0.25, 0.3) is 5.91 Å². The normalized spacial score (nSPS) is 10.5. The third kappa shape index (κ3) is 2.44. The van der Waals surface area contributed by atoms with E-state index >= 15 is 0 Å². The third-order valence-corrected chi connectivity index (χ3v) is 2.92. The van der Waals surface area contributed by atoms with Crippen molar-refractivity contribution >= 4 is 23.2 Å². The second-order valence-corrected chi connectivity index (χ2v) is 4.28. The smallest absolute Gasteiger partial charge is 0.337 e. The molecule has 0 aliphatic carbocycles. The van der Waals surface area contributed by atoms with E-state index < -0.39 is 5.97 Å². The molecule has 0 fully saturated rings. The number of fused-ring (bicyclic) bond motifs is 1. The molecule has 2 N–H and O–H groups in total. The van der Waals surface area contributed by atoms with Gasteiger partial charge in [0.1, 0.15) is 5.82 Å². The maximum Gasteiger partial charge on any atom is 0.337 e. The van der Waals surface area contributed by atoms with Crippen LogP contribution < -0.4 is 5.32 Å². The number of pyridine rings is 2. The van der Waals surface area contributed by atoms with Gasteiger partial charge in [-0.3, -0.25) is 4.79 Å². The van der Waals surface area contributed by atoms with Crippen molar-refractivity contribution in [2.45, 2.75) is 0 Å². The van der Waals surface area contributed by atoms with Crippen LogP contribution >= 0.6 is 0 Å². The Labute approximate surface area is 118 Å². The molecule has 3 rings (SSSR count). The highest BCUT2D eigenvalue weighted by Crippen LogP contribution is 2.12. The summed E-state index contributed by atoms with van der Waals surface area (Å²) >= 11 is 0. The Balaban J connectivity index is 1.84. The molecule has 1 amide bonds. The number of nitrogens with zero attached hydrogens (tertiary/aromatic N) is 3. The lowest BCUT2D eigenvalue weighted by atomic mass is 10.2. The fourth-order valence-electron chi connectivity index (χ4n) is 1.89. The molecule has 7 heteroatoms. The Morgan fingerprint density at radius 2 is 2.00 bits per heavy atom. The first-order chi connectivity index (χ1) is 10.1. The lowest BCUT2D eigenvalue weighted by molar-refractivity contribution is 0.0696. The lowest BCUT2D eigenvalue weighted by Gasteiger charge is -2.03. The minimum absolute atomic E-state index is 0.0592. The molecule has 0 spiro atoms. The zero-order valence-corrected chi connectivity index (χ0v) is 10.7. The number of nitrogens with one attached hydrogen (secondary N) is 1. The molecule has 0 atom stereocenters. The Bertz CT molecular complexity index is 824. The van der Waals surface area contributed by atoms with Gasteiger partial charge in [-0.25, -0.2) is 14.3 Å². The fraction of sp³-hybridized carbons (Fsp3) is 0. The number of carboxylic acid groups (broad SMARTS) is 1. The zero-order valence-electron chi connectivity index (χ0n) is 10.7. The monoisotopic (exact) mass is 282 g/mol. The van der Waals surface area contributed by atoms with Gasteiger partial charge in [-0.2, -0.15) is 5.10 Å². The fourth-order valence-corrected chi connectivity index (χ4v) is 1.89. The number of aromatic carboxylic acids is 1. The Morgan fingerprint density at radius 3 is 2.71 bits per heavy atom. The summed E-state index contributed by atoms with van der Waals surface area (Å²) in [6, 6.07) is 8.22. The molecule has 7 nitrogen and oxygen atoms in total. The predicted octanol–water partition coefficient (Wildman–Crippen LogP) is 1.68. The summed E-state index contributed by atoms with van der Waals surface area (Å²) in [6.07, 6.45) is 4.40. The molecule has 104 valence electrons. The number of carboxylic acids is 1. The summed E-state index contributed by atoms with van der Waals surface area (Å²) in [4.78, 5) is 26.8. The topological polar surface area (TPSA) is 96.6 Å². The van der Waals surface area contributed by atoms with E-state index in [1.54, 1.807) is 16.8 Å². The van der Waals surface area contributed by atoms with Crippen molar-refractivity contribution in [2.75, 3.05) is 5.32 Å². The van der Waals surface area contributed by atoms with Crippen molar-refractivity contribution in [3.05, 3.63) is 60.0 Å². The highest BCUT2D eigenvalue weighted by Gasteiger charge is 2.13. The number of hydrogen-bond acceptors (Lipinski definition) is 4. The van der Waals surface area contributed by atoms with Crippen LogP contribution in [-0.4, -0.2) is 31.6 Å². The first kappa shape index (κ1) is 12.8. The first-order valence-electron chi connectivity index (χ1n) is 6.08. The zero-order chi connectivity index (χ0) is 14.8. The number of hydrogen-bond donors (Lipinski definition) is 2. The average molecular weight is 282 g/mol. The molecule has 0 aliphatic rings. The predicted molar refractivity (Wildman–Crippen MR) is 74.3 cm³/mol. The van der Waals surface area contributed by atoms with Crippen LogP contribution in [0, 0.1) is 0 Å². The van der Waals surface area contributed by atoms with Crippen molar-refractivity contribution in [1.29, 1.82) is 0 Å². The molecule has 21 heavy (non-hydrogen) atoms. The van der Waals surface area contributed by atoms with Crippen LogP contribution in [0.2, 0.25) is 0 Å². The van der Waals surface area contributed by atoms with Crippen LogP contribution in [0.4, 0.5) is 5.82 Å². The SMILES string of the molecule is O=C(O)c1ccc(NC(=O)c2cnn3ccccc23)nc1. The summed E-state index contributed by atoms with van der Waals surface area (Å²) in [5.41, 5.74) is 1.15. The molecule has 3 aromatic heterocycles. The minimum Gasteiger partial charge on any atom is -0.478 e. The summed E-state index contributed by atoms with van der Waals surface area (Å²) < 4.78 is 1.59. The van der Waals surface area contributed by atoms with Gasteiger partial charge in [0.2, 0.25) is 0 Å². The highest BCUT2D eigenvalue weighted by atomic mass is 16.4. The maximum atomic E-state index is 12.2. The third-order valence-electron chi connectivity index (χ3n) is 2.92. The van der Waals surface area contributed by atoms with Crippen LogP contribution in [0.25, 0.3) is 5.52 Å². The van der Waals surface area contributed by atoms with E-state index in [9.17, 15) is 9.59 Å². The quantitative estimate of drug-likeness (QED) is 0.761. The van der Waals surface area contributed by atoms with Crippen LogP contribution in [0.5, 0.6) is 0 Å². The summed E-state index contributed by atoms with van der Waals surface area (Å²) in [5, 5.41) is 15.5. The number of rotatable bonds is 3. The van der Waals surface area contributed by atoms with Gasteiger partial charge < -0.3 is 10.4 Å². The Morgan fingerprint density at radius 1 is 1.14 bits per heavy atom. The second kappa shape index (κ2) is 5.04. The molecule has 0 aromatic carbocycles. The molecule has 0 aliphatic heterocycles. The molecule has 0 bridgehead atoms. The van der Waals surface area contributed by atoms with Gasteiger partial charge in [-0.15, -0.1) is 0 Å². The van der Waals surface area contributed by atoms with Crippen LogP contribution in [0.3, 0.4) is 0 Å². The van der Waals surface area contributed by atoms with Crippen LogP contribution in [0.1, 0.15) is 20.7 Å². The van der Waals surface area contributed by atoms with Gasteiger partial charge in [0.15, 0.2) is 0 Å². The molecular formula is C14H10N4O3. The van der Waals surface area contributed by atoms with Gasteiger partial charge >= 0.3 is 5.97 Å². The van der Waals surface area contributed by atoms with Crippen LogP contribution in [0.15, 0.2) is 48.9 Å². The van der Waals surface area contributed by atoms with E-state index in [0.717, 1.165) is 0 Å². The second-order valence-electron chi connectivity index (χ2n) is 4.28. The standard InChI is InChI=1S/C14H10N4O3/c19-13(10-8-16-18-6-2-1-3-11(10)18)17-12-5-4-9(7-15-12)14(20)21/h1-8H,(H,20,21)(H,15,17,19). The van der Waals surface area contributed by atoms with Gasteiger partial charge in [0, 0.05) is 12.4 Å². The highest BCUT2D eigenvalue weighted by molar-refractivity contribution is 6.08.